The summed E-state index contributed by atoms with van der Waals surface area (Å²) in [6, 6.07) is 2.92. The first-order valence-electron chi connectivity index (χ1n) is 11.2. The van der Waals surface area contributed by atoms with Crippen LogP contribution >= 0.6 is 0 Å². The Kier molecular flexibility index (Phi) is 3.81. The molecule has 1 aromatic heterocycles. The lowest BCUT2D eigenvalue weighted by molar-refractivity contribution is -0.120. The van der Waals surface area contributed by atoms with Gasteiger partial charge in [-0.05, 0) is 77.3 Å². The van der Waals surface area contributed by atoms with Gasteiger partial charge in [-0.3, -0.25) is 4.79 Å². The van der Waals surface area contributed by atoms with Crippen molar-refractivity contribution in [3.05, 3.63) is 5.82 Å². The Bertz CT molecular complexity index is 753. The molecule has 4 aliphatic heterocycles. The predicted octanol–water partition coefficient (Wildman–Crippen LogP) is 2.26. The van der Waals surface area contributed by atoms with Crippen LogP contribution in [0.5, 0.6) is 0 Å². The molecule has 1 N–H and O–H groups in total. The van der Waals surface area contributed by atoms with Crippen LogP contribution in [0.2, 0.25) is 0 Å². The molecule has 2 bridgehead atoms. The molecule has 1 saturated carbocycles. The largest absolute Gasteiger partial charge is 0.352 e. The van der Waals surface area contributed by atoms with E-state index in [1.54, 1.807) is 0 Å². The minimum absolute atomic E-state index is 0.246. The van der Waals surface area contributed by atoms with Gasteiger partial charge in [0, 0.05) is 36.0 Å². The number of aryl methyl sites for hydroxylation is 1. The fraction of sp³-hybridized carbons (Fsp3) is 0.857. The molecule has 28 heavy (non-hydrogen) atoms. The molecule has 5 aliphatic rings. The van der Waals surface area contributed by atoms with Crippen LogP contribution in [-0.4, -0.2) is 58.2 Å². The summed E-state index contributed by atoms with van der Waals surface area (Å²) in [4.78, 5) is 21.8. The van der Waals surface area contributed by atoms with E-state index in [-0.39, 0.29) is 5.41 Å². The molecule has 0 radical (unpaired) electrons. The highest BCUT2D eigenvalue weighted by molar-refractivity contribution is 5.80. The fourth-order valence-electron chi connectivity index (χ4n) is 6.83. The van der Waals surface area contributed by atoms with Crippen LogP contribution in [0, 0.1) is 18.3 Å². The zero-order valence-electron chi connectivity index (χ0n) is 16.8. The summed E-state index contributed by atoms with van der Waals surface area (Å²) < 4.78 is 5.49. The average Bonchev–Trinajstić information content (AvgIpc) is 3.28. The van der Waals surface area contributed by atoms with Crippen molar-refractivity contribution in [1.29, 1.82) is 0 Å². The number of carbonyl (C=O) groups excluding carboxylic acids is 1. The molecule has 1 spiro atoms. The van der Waals surface area contributed by atoms with E-state index in [1.165, 1.54) is 51.4 Å². The van der Waals surface area contributed by atoms with Gasteiger partial charge in [-0.2, -0.15) is 4.98 Å². The van der Waals surface area contributed by atoms with E-state index in [1.807, 2.05) is 6.92 Å². The summed E-state index contributed by atoms with van der Waals surface area (Å²) in [5.74, 6) is 1.78. The number of likely N-dealkylation sites (tertiary alicyclic amines) is 1. The molecular weight excluding hydrogens is 354 g/mol. The molecule has 0 aromatic carbocycles. The van der Waals surface area contributed by atoms with Crippen molar-refractivity contribution in [2.45, 2.75) is 88.9 Å². The number of nitrogens with one attached hydrogen (secondary N) is 1. The lowest BCUT2D eigenvalue weighted by atomic mass is 9.70. The Morgan fingerprint density at radius 1 is 1.07 bits per heavy atom. The van der Waals surface area contributed by atoms with E-state index in [0.717, 1.165) is 37.3 Å². The highest BCUT2D eigenvalue weighted by Crippen LogP contribution is 2.51. The van der Waals surface area contributed by atoms with Crippen molar-refractivity contribution in [1.82, 2.24) is 20.4 Å². The number of fused-ring (bicyclic) bond motifs is 2. The maximum absolute atomic E-state index is 12.2. The highest BCUT2D eigenvalue weighted by atomic mass is 16.5. The number of aromatic nitrogens is 2. The van der Waals surface area contributed by atoms with Gasteiger partial charge in [0.2, 0.25) is 5.91 Å². The molecule has 4 saturated heterocycles. The smallest absolute Gasteiger partial charge is 0.324 e. The Labute approximate surface area is 166 Å². The molecule has 7 nitrogen and oxygen atoms in total. The van der Waals surface area contributed by atoms with Crippen molar-refractivity contribution in [3.8, 4) is 0 Å². The predicted molar refractivity (Wildman–Crippen MR) is 104 cm³/mol. The molecule has 5 heterocycles. The second kappa shape index (κ2) is 6.18. The standard InChI is InChI=1S/C21H31N5O2/c1-13-22-20(28-24-13)26-15-4-5-16(26)11-17(10-15)25-8-6-21(7-9-25)12-18(27)23-19(21)14-2-3-14/h14-17,19H,2-12H2,1H3,(H,23,27). The lowest BCUT2D eigenvalue weighted by Gasteiger charge is -2.48. The van der Waals surface area contributed by atoms with Gasteiger partial charge in [0.05, 0.1) is 0 Å². The molecular formula is C21H31N5O2. The topological polar surface area (TPSA) is 74.5 Å². The zero-order valence-corrected chi connectivity index (χ0v) is 16.8. The zero-order chi connectivity index (χ0) is 18.9. The number of anilines is 1. The minimum atomic E-state index is 0.246. The van der Waals surface area contributed by atoms with Crippen LogP contribution < -0.4 is 10.2 Å². The van der Waals surface area contributed by atoms with Gasteiger partial charge in [-0.25, -0.2) is 0 Å². The van der Waals surface area contributed by atoms with Gasteiger partial charge in [0.15, 0.2) is 5.82 Å². The maximum Gasteiger partial charge on any atom is 0.324 e. The van der Waals surface area contributed by atoms with Gasteiger partial charge in [0.25, 0.3) is 0 Å². The third kappa shape index (κ3) is 2.69. The summed E-state index contributed by atoms with van der Waals surface area (Å²) in [5.41, 5.74) is 0.246. The number of hydrogen-bond donors (Lipinski definition) is 1. The van der Waals surface area contributed by atoms with Crippen LogP contribution in [-0.2, 0) is 4.79 Å². The van der Waals surface area contributed by atoms with E-state index in [9.17, 15) is 4.79 Å². The minimum Gasteiger partial charge on any atom is -0.352 e. The van der Waals surface area contributed by atoms with Crippen LogP contribution in [0.25, 0.3) is 0 Å². The molecule has 1 aromatic rings. The average molecular weight is 386 g/mol. The quantitative estimate of drug-likeness (QED) is 0.860. The fourth-order valence-corrected chi connectivity index (χ4v) is 6.83. The first-order chi connectivity index (χ1) is 13.6. The van der Waals surface area contributed by atoms with Gasteiger partial charge in [-0.15, -0.1) is 0 Å². The van der Waals surface area contributed by atoms with Crippen molar-refractivity contribution < 1.29 is 9.32 Å². The molecule has 152 valence electrons. The van der Waals surface area contributed by atoms with Crippen LogP contribution in [0.4, 0.5) is 6.01 Å². The second-order valence-corrected chi connectivity index (χ2v) is 10.00. The first kappa shape index (κ1) is 17.2. The number of piperidine rings is 2. The van der Waals surface area contributed by atoms with Gasteiger partial charge in [-0.1, -0.05) is 5.16 Å². The van der Waals surface area contributed by atoms with Crippen LogP contribution in [0.1, 0.15) is 63.6 Å². The summed E-state index contributed by atoms with van der Waals surface area (Å²) in [7, 11) is 0. The van der Waals surface area contributed by atoms with Crippen molar-refractivity contribution in [3.63, 3.8) is 0 Å². The van der Waals surface area contributed by atoms with Gasteiger partial charge >= 0.3 is 6.01 Å². The Morgan fingerprint density at radius 3 is 2.39 bits per heavy atom. The molecule has 6 rings (SSSR count). The van der Waals surface area contributed by atoms with E-state index in [2.05, 4.69) is 25.3 Å². The monoisotopic (exact) mass is 385 g/mol. The second-order valence-electron chi connectivity index (χ2n) is 10.00. The highest BCUT2D eigenvalue weighted by Gasteiger charge is 2.54. The van der Waals surface area contributed by atoms with Crippen molar-refractivity contribution in [2.75, 3.05) is 18.0 Å². The number of amides is 1. The normalized spacial score (nSPS) is 37.6. The van der Waals surface area contributed by atoms with E-state index < -0.39 is 0 Å². The number of nitrogens with zero attached hydrogens (tertiary/aromatic N) is 4. The third-order valence-electron chi connectivity index (χ3n) is 8.34. The van der Waals surface area contributed by atoms with E-state index in [4.69, 9.17) is 4.52 Å². The van der Waals surface area contributed by atoms with Gasteiger partial charge in [0.1, 0.15) is 0 Å². The van der Waals surface area contributed by atoms with Crippen LogP contribution in [0.15, 0.2) is 4.52 Å². The molecule has 3 atom stereocenters. The van der Waals surface area contributed by atoms with Crippen LogP contribution in [0.3, 0.4) is 0 Å². The molecule has 5 fully saturated rings. The van der Waals surface area contributed by atoms with Gasteiger partial charge < -0.3 is 19.6 Å². The summed E-state index contributed by atoms with van der Waals surface area (Å²) in [6.07, 6.45) is 10.6. The third-order valence-corrected chi connectivity index (χ3v) is 8.34. The summed E-state index contributed by atoms with van der Waals surface area (Å²) in [6.45, 7) is 4.20. The maximum atomic E-state index is 12.2. The molecule has 1 aliphatic carbocycles. The van der Waals surface area contributed by atoms with Crippen molar-refractivity contribution in [2.24, 2.45) is 11.3 Å². The molecule has 1 amide bonds. The lowest BCUT2D eigenvalue weighted by Crippen LogP contribution is -2.55. The van der Waals surface area contributed by atoms with E-state index in [0.29, 0.717) is 30.1 Å². The molecule has 3 unspecified atom stereocenters. The molecule has 7 heteroatoms. The number of rotatable bonds is 3. The Morgan fingerprint density at radius 2 is 1.79 bits per heavy atom. The van der Waals surface area contributed by atoms with E-state index >= 15 is 0 Å². The summed E-state index contributed by atoms with van der Waals surface area (Å²) in [5, 5.41) is 7.33. The number of carbonyl (C=O) groups is 1. The Balaban J connectivity index is 1.12. The first-order valence-corrected chi connectivity index (χ1v) is 11.2. The Hall–Kier alpha value is -1.63. The summed E-state index contributed by atoms with van der Waals surface area (Å²) >= 11 is 0. The van der Waals surface area contributed by atoms with Crippen molar-refractivity contribution >= 4 is 11.9 Å². The number of hydrogen-bond acceptors (Lipinski definition) is 6. The SMILES string of the molecule is Cc1noc(N2C3CCC2CC(N2CCC4(CC2)CC(=O)NC4C2CC2)C3)n1.